The van der Waals surface area contributed by atoms with Crippen molar-refractivity contribution in [2.45, 2.75) is 31.0 Å². The monoisotopic (exact) mass is 627 g/mol. The van der Waals surface area contributed by atoms with E-state index in [4.69, 9.17) is 10.5 Å². The number of aromatic nitrogens is 4. The number of imidazole rings is 1. The van der Waals surface area contributed by atoms with E-state index in [1.165, 1.54) is 0 Å². The Bertz CT molecular complexity index is 1280. The van der Waals surface area contributed by atoms with E-state index in [0.717, 1.165) is 17.8 Å². The minimum atomic E-state index is -6.21. The fourth-order valence-electron chi connectivity index (χ4n) is 2.91. The molecular weight excluding hydrogens is 614 g/mol. The first-order chi connectivity index (χ1) is 14.9. The van der Waals surface area contributed by atoms with Gasteiger partial charge in [0.25, 0.3) is 21.2 Å². The van der Waals surface area contributed by atoms with Gasteiger partial charge in [-0.2, -0.15) is 4.98 Å². The molecular formula is C11H13FN5Na4O13P3. The number of anilines is 1. The number of hydrogen-bond acceptors (Lipinski definition) is 16. The molecule has 37 heavy (non-hydrogen) atoms. The number of ether oxygens (including phenoxy) is 1. The molecule has 3 unspecified atom stereocenters. The number of phosphoric ester groups is 1. The van der Waals surface area contributed by atoms with Gasteiger partial charge in [0.1, 0.15) is 12.2 Å². The molecule has 1 saturated heterocycles. The van der Waals surface area contributed by atoms with Crippen LogP contribution in [-0.4, -0.2) is 49.1 Å². The number of aliphatic hydroxyl groups is 1. The van der Waals surface area contributed by atoms with Crippen LogP contribution in [0.15, 0.2) is 11.1 Å². The van der Waals surface area contributed by atoms with Crippen molar-refractivity contribution in [2.24, 2.45) is 0 Å². The SMILES string of the molecule is C[C@]1(F)C(O)[C@@H](COP(=O)([O-])OP(=O)([O-])OP(=O)([O-])[O-])O[C@H]1n1cnc2c(=O)[nH]c(N)nc21.[Na+].[Na+].[Na+].[Na+]. The molecule has 26 heteroatoms. The van der Waals surface area contributed by atoms with E-state index in [1.54, 1.807) is 0 Å². The molecule has 0 aromatic carbocycles. The Morgan fingerprint density at radius 1 is 1.19 bits per heavy atom. The van der Waals surface area contributed by atoms with Crippen LogP contribution in [-0.2, 0) is 31.6 Å². The third kappa shape index (κ3) is 10.6. The van der Waals surface area contributed by atoms with E-state index < -0.39 is 59.7 Å². The Morgan fingerprint density at radius 2 is 1.76 bits per heavy atom. The second-order valence-electron chi connectivity index (χ2n) is 6.70. The van der Waals surface area contributed by atoms with E-state index in [9.17, 15) is 43.2 Å². The molecule has 0 amide bonds. The number of nitrogens with one attached hydrogen (secondary N) is 1. The maximum absolute atomic E-state index is 15.3. The average Bonchev–Trinajstić information content (AvgIpc) is 3.10. The summed E-state index contributed by atoms with van der Waals surface area (Å²) in [6.45, 7) is -0.370. The van der Waals surface area contributed by atoms with Gasteiger partial charge in [-0.05, 0) is 6.92 Å². The summed E-state index contributed by atoms with van der Waals surface area (Å²) in [5.41, 5.74) is 1.54. The van der Waals surface area contributed by atoms with Crippen molar-refractivity contribution in [3.63, 3.8) is 0 Å². The summed E-state index contributed by atoms with van der Waals surface area (Å²) < 4.78 is 65.2. The maximum atomic E-state index is 15.3. The van der Waals surface area contributed by atoms with Crippen molar-refractivity contribution in [3.05, 3.63) is 16.7 Å². The first kappa shape index (κ1) is 41.5. The Hall–Kier alpha value is 2.41. The number of aromatic amines is 1. The number of halogens is 1. The van der Waals surface area contributed by atoms with E-state index in [1.807, 2.05) is 0 Å². The molecule has 2 aromatic heterocycles. The summed E-state index contributed by atoms with van der Waals surface area (Å²) in [4.78, 5) is 65.1. The number of nitrogen functional groups attached to an aromatic ring is 1. The van der Waals surface area contributed by atoms with E-state index in [-0.39, 0.29) is 135 Å². The molecule has 186 valence electrons. The minimum Gasteiger partial charge on any atom is -0.790 e. The van der Waals surface area contributed by atoms with Crippen molar-refractivity contribution in [2.75, 3.05) is 12.3 Å². The van der Waals surface area contributed by atoms with Gasteiger partial charge in [-0.1, -0.05) is 0 Å². The predicted octanol–water partition coefficient (Wildman–Crippen LogP) is -15.5. The Kier molecular flexibility index (Phi) is 17.1. The van der Waals surface area contributed by atoms with Crippen molar-refractivity contribution >= 4 is 40.6 Å². The third-order valence-electron chi connectivity index (χ3n) is 4.22. The van der Waals surface area contributed by atoms with Gasteiger partial charge in [0.15, 0.2) is 23.1 Å². The fraction of sp³-hybridized carbons (Fsp3) is 0.545. The van der Waals surface area contributed by atoms with Crippen LogP contribution >= 0.6 is 23.5 Å². The van der Waals surface area contributed by atoms with Gasteiger partial charge in [0.2, 0.25) is 5.95 Å². The largest absolute Gasteiger partial charge is 1.00 e. The quantitative estimate of drug-likeness (QED) is 0.181. The Morgan fingerprint density at radius 3 is 2.30 bits per heavy atom. The molecule has 0 spiro atoms. The molecule has 18 nitrogen and oxygen atoms in total. The molecule has 6 atom stereocenters. The van der Waals surface area contributed by atoms with Crippen LogP contribution < -0.4 is 149 Å². The number of rotatable bonds is 8. The summed E-state index contributed by atoms with van der Waals surface area (Å²) in [5.74, 6) is -0.345. The minimum absolute atomic E-state index is 0. The van der Waals surface area contributed by atoms with Crippen molar-refractivity contribution in [1.29, 1.82) is 0 Å². The first-order valence-corrected chi connectivity index (χ1v) is 12.8. The predicted molar refractivity (Wildman–Crippen MR) is 92.9 cm³/mol. The molecule has 1 aliphatic rings. The van der Waals surface area contributed by atoms with Gasteiger partial charge in [-0.25, -0.2) is 13.7 Å². The molecule has 1 fully saturated rings. The zero-order valence-corrected chi connectivity index (χ0v) is 30.7. The number of fused-ring (bicyclic) bond motifs is 1. The summed E-state index contributed by atoms with van der Waals surface area (Å²) >= 11 is 0. The topological polar surface area (TPSA) is 290 Å². The van der Waals surface area contributed by atoms with Crippen molar-refractivity contribution in [3.8, 4) is 0 Å². The van der Waals surface area contributed by atoms with Gasteiger partial charge in [0, 0.05) is 0 Å². The number of phosphoric acid groups is 3. The number of alkyl halides is 1. The smallest absolute Gasteiger partial charge is 0.790 e. The molecule has 0 bridgehead atoms. The maximum Gasteiger partial charge on any atom is 1.00 e. The zero-order valence-electron chi connectivity index (χ0n) is 20.0. The summed E-state index contributed by atoms with van der Waals surface area (Å²) in [7, 11) is -18.3. The molecule has 4 N–H and O–H groups in total. The standard InChI is InChI=1S/C11H17FN5O13P3.4Na/c1-11(12)6(18)4(2-27-32(23,24)30-33(25,26)29-31(20,21)22)28-9(11)17-3-14-5-7(17)15-10(13)16-8(5)19;;;;/h3-4,6,9,18H,2H2,1H3,(H,23,24)(H,25,26)(H2,20,21,22)(H3,13,15,16,19);;;;/q;4*+1/p-4/t4-,6?,9-,11+;;;;/m1..../s1. The molecule has 0 radical (unpaired) electrons. The number of nitrogens with zero attached hydrogens (tertiary/aromatic N) is 3. The second-order valence-corrected chi connectivity index (χ2v) is 10.9. The Balaban J connectivity index is 0. The van der Waals surface area contributed by atoms with E-state index >= 15 is 4.39 Å². The number of hydrogen-bond donors (Lipinski definition) is 3. The molecule has 0 aliphatic carbocycles. The average molecular weight is 627 g/mol. The number of H-pyrrole nitrogens is 1. The van der Waals surface area contributed by atoms with Crippen LogP contribution in [0, 0.1) is 0 Å². The molecule has 3 rings (SSSR count). The summed E-state index contributed by atoms with van der Waals surface area (Å²) in [5, 5.41) is 10.2. The van der Waals surface area contributed by atoms with Crippen LogP contribution in [0.3, 0.4) is 0 Å². The molecule has 2 aromatic rings. The Labute approximate surface area is 295 Å². The normalized spacial score (nSPS) is 26.5. The second kappa shape index (κ2) is 15.2. The van der Waals surface area contributed by atoms with Crippen LogP contribution in [0.2, 0.25) is 0 Å². The number of nitrogens with two attached hydrogens (primary N) is 1. The zero-order chi connectivity index (χ0) is 25.0. The molecule has 1 aliphatic heterocycles. The first-order valence-electron chi connectivity index (χ1n) is 8.38. The third-order valence-corrected chi connectivity index (χ3v) is 7.88. The van der Waals surface area contributed by atoms with Crippen LogP contribution in [0.1, 0.15) is 13.2 Å². The van der Waals surface area contributed by atoms with Gasteiger partial charge < -0.3 is 44.2 Å². The van der Waals surface area contributed by atoms with E-state index in [2.05, 4.69) is 28.1 Å². The summed E-state index contributed by atoms with van der Waals surface area (Å²) in [6.07, 6.45) is -4.66. The van der Waals surface area contributed by atoms with Crippen LogP contribution in [0.4, 0.5) is 10.3 Å². The summed E-state index contributed by atoms with van der Waals surface area (Å²) in [6, 6.07) is 0. The van der Waals surface area contributed by atoms with Gasteiger partial charge in [-0.3, -0.25) is 27.8 Å². The van der Waals surface area contributed by atoms with Crippen molar-refractivity contribution < 1.29 is 179 Å². The fourth-order valence-corrected chi connectivity index (χ4v) is 5.78. The van der Waals surface area contributed by atoms with Crippen LogP contribution in [0.5, 0.6) is 0 Å². The van der Waals surface area contributed by atoms with E-state index in [0.29, 0.717) is 0 Å². The van der Waals surface area contributed by atoms with Crippen molar-refractivity contribution in [1.82, 2.24) is 19.5 Å². The molecule has 3 heterocycles. The number of aliphatic hydroxyl groups excluding tert-OH is 1. The van der Waals surface area contributed by atoms with Gasteiger partial charge in [0.05, 0.1) is 20.8 Å². The van der Waals surface area contributed by atoms with Gasteiger partial charge >= 0.3 is 118 Å². The van der Waals surface area contributed by atoms with Gasteiger partial charge in [-0.15, -0.1) is 0 Å². The molecule has 0 saturated carbocycles. The van der Waals surface area contributed by atoms with Crippen LogP contribution in [0.25, 0.3) is 11.2 Å².